The molecule has 0 bridgehead atoms. The van der Waals surface area contributed by atoms with Crippen molar-refractivity contribution in [2.75, 3.05) is 13.1 Å². The van der Waals surface area contributed by atoms with Gasteiger partial charge in [0.2, 0.25) is 0 Å². The summed E-state index contributed by atoms with van der Waals surface area (Å²) in [5.74, 6) is 0.309. The first-order valence-electron chi connectivity index (χ1n) is 3.82. The van der Waals surface area contributed by atoms with Gasteiger partial charge in [0.1, 0.15) is 0 Å². The first kappa shape index (κ1) is 6.10. The Labute approximate surface area is 60.5 Å². The Morgan fingerprint density at radius 2 is 2.50 bits per heavy atom. The van der Waals surface area contributed by atoms with Crippen molar-refractivity contribution in [2.24, 2.45) is 0 Å². The van der Waals surface area contributed by atoms with Gasteiger partial charge in [-0.05, 0) is 25.5 Å². The molecule has 0 radical (unpaired) electrons. The predicted octanol–water partition coefficient (Wildman–Crippen LogP) is 0.590. The fourth-order valence-electron chi connectivity index (χ4n) is 1.78. The first-order chi connectivity index (χ1) is 4.88. The Morgan fingerprint density at radius 1 is 1.60 bits per heavy atom. The minimum Gasteiger partial charge on any atom is -0.293 e. The molecular weight excluding hydrogens is 126 g/mol. The molecule has 10 heavy (non-hydrogen) atoms. The molecule has 0 N–H and O–H groups in total. The minimum atomic E-state index is 0.241. The molecule has 1 atom stereocenters. The molecule has 2 heterocycles. The lowest BCUT2D eigenvalue weighted by Crippen LogP contribution is -2.38. The standard InChI is InChI=1S/C8H11NO/c10-8-4-2-6-9-5-1-3-7(8)9/h2,4,7H,1,3,5-6H2. The van der Waals surface area contributed by atoms with Gasteiger partial charge in [-0.15, -0.1) is 0 Å². The summed E-state index contributed by atoms with van der Waals surface area (Å²) in [5, 5.41) is 0. The zero-order valence-electron chi connectivity index (χ0n) is 5.92. The van der Waals surface area contributed by atoms with Crippen molar-refractivity contribution in [3.63, 3.8) is 0 Å². The maximum Gasteiger partial charge on any atom is 0.172 e. The molecule has 2 aliphatic rings. The van der Waals surface area contributed by atoms with Gasteiger partial charge in [-0.1, -0.05) is 6.08 Å². The smallest absolute Gasteiger partial charge is 0.172 e. The first-order valence-corrected chi connectivity index (χ1v) is 3.82. The fraction of sp³-hybridized carbons (Fsp3) is 0.625. The molecule has 0 aromatic heterocycles. The molecule has 1 saturated heterocycles. The Hall–Kier alpha value is -0.630. The van der Waals surface area contributed by atoms with Gasteiger partial charge in [0.05, 0.1) is 6.04 Å². The summed E-state index contributed by atoms with van der Waals surface area (Å²) >= 11 is 0. The van der Waals surface area contributed by atoms with E-state index >= 15 is 0 Å². The highest BCUT2D eigenvalue weighted by Crippen LogP contribution is 2.20. The highest BCUT2D eigenvalue weighted by Gasteiger charge is 2.30. The van der Waals surface area contributed by atoms with Gasteiger partial charge in [0.25, 0.3) is 0 Å². The third-order valence-electron chi connectivity index (χ3n) is 2.31. The molecular formula is C8H11NO. The number of hydrogen-bond donors (Lipinski definition) is 0. The summed E-state index contributed by atoms with van der Waals surface area (Å²) in [4.78, 5) is 13.4. The zero-order chi connectivity index (χ0) is 6.97. The molecule has 2 rings (SSSR count). The number of hydrogen-bond acceptors (Lipinski definition) is 2. The summed E-state index contributed by atoms with van der Waals surface area (Å²) < 4.78 is 0. The van der Waals surface area contributed by atoms with Crippen LogP contribution in [0.2, 0.25) is 0 Å². The van der Waals surface area contributed by atoms with Crippen LogP contribution in [0.1, 0.15) is 12.8 Å². The van der Waals surface area contributed by atoms with Crippen LogP contribution >= 0.6 is 0 Å². The lowest BCUT2D eigenvalue weighted by Gasteiger charge is -2.23. The Morgan fingerprint density at radius 3 is 3.30 bits per heavy atom. The van der Waals surface area contributed by atoms with Gasteiger partial charge in [0, 0.05) is 6.54 Å². The van der Waals surface area contributed by atoms with Crippen molar-refractivity contribution in [3.05, 3.63) is 12.2 Å². The van der Waals surface area contributed by atoms with E-state index in [0.717, 1.165) is 19.5 Å². The highest BCUT2D eigenvalue weighted by atomic mass is 16.1. The number of nitrogens with zero attached hydrogens (tertiary/aromatic N) is 1. The van der Waals surface area contributed by atoms with Crippen LogP contribution in [0.4, 0.5) is 0 Å². The van der Waals surface area contributed by atoms with E-state index in [4.69, 9.17) is 0 Å². The van der Waals surface area contributed by atoms with E-state index in [-0.39, 0.29) is 6.04 Å². The van der Waals surface area contributed by atoms with Crippen molar-refractivity contribution in [1.29, 1.82) is 0 Å². The average Bonchev–Trinajstić information content (AvgIpc) is 2.36. The maximum absolute atomic E-state index is 11.1. The molecule has 2 heteroatoms. The molecule has 1 fully saturated rings. The number of carbonyl (C=O) groups excluding carboxylic acids is 1. The van der Waals surface area contributed by atoms with E-state index in [9.17, 15) is 4.79 Å². The minimum absolute atomic E-state index is 0.241. The summed E-state index contributed by atoms with van der Waals surface area (Å²) in [6.45, 7) is 2.09. The van der Waals surface area contributed by atoms with Crippen LogP contribution in [0, 0.1) is 0 Å². The van der Waals surface area contributed by atoms with Crippen molar-refractivity contribution >= 4 is 5.78 Å². The van der Waals surface area contributed by atoms with Crippen molar-refractivity contribution < 1.29 is 4.79 Å². The summed E-state index contributed by atoms with van der Waals surface area (Å²) in [6, 6.07) is 0.241. The molecule has 0 aliphatic carbocycles. The highest BCUT2D eigenvalue weighted by molar-refractivity contribution is 5.95. The molecule has 0 aromatic rings. The zero-order valence-corrected chi connectivity index (χ0v) is 5.92. The third kappa shape index (κ3) is 0.797. The molecule has 0 aromatic carbocycles. The topological polar surface area (TPSA) is 20.3 Å². The van der Waals surface area contributed by atoms with Gasteiger partial charge in [-0.2, -0.15) is 0 Å². The molecule has 2 nitrogen and oxygen atoms in total. The molecule has 0 saturated carbocycles. The summed E-state index contributed by atoms with van der Waals surface area (Å²) in [7, 11) is 0. The van der Waals surface area contributed by atoms with E-state index < -0.39 is 0 Å². The number of carbonyl (C=O) groups is 1. The predicted molar refractivity (Wildman–Crippen MR) is 38.7 cm³/mol. The van der Waals surface area contributed by atoms with Crippen LogP contribution < -0.4 is 0 Å². The van der Waals surface area contributed by atoms with E-state index in [1.807, 2.05) is 6.08 Å². The molecule has 0 amide bonds. The number of rotatable bonds is 0. The number of ketones is 1. The maximum atomic E-state index is 11.1. The normalized spacial score (nSPS) is 32.8. The molecule has 54 valence electrons. The molecule has 2 aliphatic heterocycles. The second kappa shape index (κ2) is 2.20. The van der Waals surface area contributed by atoms with E-state index in [1.54, 1.807) is 6.08 Å². The quantitative estimate of drug-likeness (QED) is 0.487. The van der Waals surface area contributed by atoms with Gasteiger partial charge < -0.3 is 0 Å². The van der Waals surface area contributed by atoms with Gasteiger partial charge in [0.15, 0.2) is 5.78 Å². The van der Waals surface area contributed by atoms with Gasteiger partial charge >= 0.3 is 0 Å². The third-order valence-corrected chi connectivity index (χ3v) is 2.31. The monoisotopic (exact) mass is 137 g/mol. The Kier molecular flexibility index (Phi) is 1.34. The SMILES string of the molecule is O=C1C=CCN2CCCC12. The van der Waals surface area contributed by atoms with Crippen molar-refractivity contribution in [3.8, 4) is 0 Å². The molecule has 0 spiro atoms. The lowest BCUT2D eigenvalue weighted by molar-refractivity contribution is -0.119. The van der Waals surface area contributed by atoms with E-state index in [2.05, 4.69) is 4.90 Å². The van der Waals surface area contributed by atoms with E-state index in [1.165, 1.54) is 6.42 Å². The van der Waals surface area contributed by atoms with Crippen LogP contribution in [0.15, 0.2) is 12.2 Å². The lowest BCUT2D eigenvalue weighted by atomic mass is 10.1. The van der Waals surface area contributed by atoms with Crippen molar-refractivity contribution in [1.82, 2.24) is 4.90 Å². The van der Waals surface area contributed by atoms with Crippen LogP contribution in [-0.4, -0.2) is 29.8 Å². The van der Waals surface area contributed by atoms with Crippen LogP contribution in [0.5, 0.6) is 0 Å². The Balaban J connectivity index is 2.20. The number of fused-ring (bicyclic) bond motifs is 1. The second-order valence-corrected chi connectivity index (χ2v) is 2.96. The molecule has 1 unspecified atom stereocenters. The summed E-state index contributed by atoms with van der Waals surface area (Å²) in [5.41, 5.74) is 0. The largest absolute Gasteiger partial charge is 0.293 e. The summed E-state index contributed by atoms with van der Waals surface area (Å²) in [6.07, 6.45) is 5.96. The second-order valence-electron chi connectivity index (χ2n) is 2.96. The Bertz CT molecular complexity index is 186. The van der Waals surface area contributed by atoms with E-state index in [0.29, 0.717) is 5.78 Å². The van der Waals surface area contributed by atoms with Crippen molar-refractivity contribution in [2.45, 2.75) is 18.9 Å². The van der Waals surface area contributed by atoms with Crippen LogP contribution in [-0.2, 0) is 4.79 Å². The average molecular weight is 137 g/mol. The van der Waals surface area contributed by atoms with Crippen LogP contribution in [0.25, 0.3) is 0 Å². The van der Waals surface area contributed by atoms with Gasteiger partial charge in [-0.3, -0.25) is 9.69 Å². The van der Waals surface area contributed by atoms with Gasteiger partial charge in [-0.25, -0.2) is 0 Å². The van der Waals surface area contributed by atoms with Crippen LogP contribution in [0.3, 0.4) is 0 Å². The fourth-order valence-corrected chi connectivity index (χ4v) is 1.78.